The van der Waals surface area contributed by atoms with E-state index in [2.05, 4.69) is 5.32 Å². The van der Waals surface area contributed by atoms with Gasteiger partial charge in [-0.3, -0.25) is 10.1 Å². The molecular weight excluding hydrogens is 292 g/mol. The first-order valence-electron chi connectivity index (χ1n) is 6.69. The Bertz CT molecular complexity index is 507. The number of carbonyl (C=O) groups excluding carboxylic acids is 1. The van der Waals surface area contributed by atoms with Crippen molar-refractivity contribution in [2.45, 2.75) is 19.3 Å². The van der Waals surface area contributed by atoms with Gasteiger partial charge in [0.2, 0.25) is 5.91 Å². The molecule has 0 unspecified atom stereocenters. The van der Waals surface area contributed by atoms with E-state index in [0.29, 0.717) is 10.1 Å². The third kappa shape index (κ3) is 4.62. The second-order valence-corrected chi connectivity index (χ2v) is 5.55. The first-order valence-corrected chi connectivity index (χ1v) is 7.47. The van der Waals surface area contributed by atoms with E-state index in [4.69, 9.17) is 23.8 Å². The molecule has 0 atom stereocenters. The molecule has 1 aliphatic heterocycles. The molecule has 2 rings (SSSR count). The molecule has 5 heteroatoms. The van der Waals surface area contributed by atoms with E-state index >= 15 is 0 Å². The fourth-order valence-corrected chi connectivity index (χ4v) is 2.48. The van der Waals surface area contributed by atoms with Crippen molar-refractivity contribution in [3.05, 3.63) is 40.9 Å². The van der Waals surface area contributed by atoms with Gasteiger partial charge in [0, 0.05) is 24.2 Å². The summed E-state index contributed by atoms with van der Waals surface area (Å²) in [5.41, 5.74) is 0.924. The van der Waals surface area contributed by atoms with Crippen LogP contribution in [-0.2, 0) is 4.79 Å². The summed E-state index contributed by atoms with van der Waals surface area (Å²) in [4.78, 5) is 13.8. The normalized spacial score (nSPS) is 15.3. The van der Waals surface area contributed by atoms with Crippen LogP contribution in [-0.4, -0.2) is 29.0 Å². The van der Waals surface area contributed by atoms with Gasteiger partial charge >= 0.3 is 0 Å². The fraction of sp³-hybridized carbons (Fsp3) is 0.333. The first kappa shape index (κ1) is 15.0. The van der Waals surface area contributed by atoms with Gasteiger partial charge in [-0.05, 0) is 55.3 Å². The maximum absolute atomic E-state index is 11.8. The highest BCUT2D eigenvalue weighted by Gasteiger charge is 2.14. The van der Waals surface area contributed by atoms with Gasteiger partial charge in [-0.1, -0.05) is 23.7 Å². The Labute approximate surface area is 129 Å². The van der Waals surface area contributed by atoms with Crippen LogP contribution in [0.1, 0.15) is 24.8 Å². The lowest BCUT2D eigenvalue weighted by Gasteiger charge is -2.28. The number of piperidine rings is 1. The molecule has 1 N–H and O–H groups in total. The van der Waals surface area contributed by atoms with Crippen molar-refractivity contribution in [2.75, 3.05) is 13.1 Å². The van der Waals surface area contributed by atoms with Crippen LogP contribution in [0.5, 0.6) is 0 Å². The summed E-state index contributed by atoms with van der Waals surface area (Å²) in [6.45, 7) is 1.86. The van der Waals surface area contributed by atoms with Gasteiger partial charge in [0.05, 0.1) is 0 Å². The van der Waals surface area contributed by atoms with Gasteiger partial charge < -0.3 is 4.90 Å². The minimum Gasteiger partial charge on any atom is -0.349 e. The molecule has 20 heavy (non-hydrogen) atoms. The summed E-state index contributed by atoms with van der Waals surface area (Å²) in [5.74, 6) is -0.199. The molecule has 1 saturated heterocycles. The number of carbonyl (C=O) groups is 1. The third-order valence-electron chi connectivity index (χ3n) is 3.17. The molecule has 1 heterocycles. The third-order valence-corrected chi connectivity index (χ3v) is 3.78. The van der Waals surface area contributed by atoms with Crippen LogP contribution in [0.2, 0.25) is 5.02 Å². The van der Waals surface area contributed by atoms with Crippen LogP contribution >= 0.6 is 23.8 Å². The van der Waals surface area contributed by atoms with E-state index in [1.54, 1.807) is 18.2 Å². The van der Waals surface area contributed by atoms with Crippen LogP contribution in [0, 0.1) is 0 Å². The molecule has 0 bridgehead atoms. The number of amides is 1. The van der Waals surface area contributed by atoms with Crippen LogP contribution in [0.3, 0.4) is 0 Å². The second kappa shape index (κ2) is 7.41. The Hall–Kier alpha value is -1.39. The van der Waals surface area contributed by atoms with Crippen molar-refractivity contribution in [3.63, 3.8) is 0 Å². The number of rotatable bonds is 2. The summed E-state index contributed by atoms with van der Waals surface area (Å²) in [6, 6.07) is 7.29. The number of nitrogens with zero attached hydrogens (tertiary/aromatic N) is 1. The summed E-state index contributed by atoms with van der Waals surface area (Å²) < 4.78 is 0. The topological polar surface area (TPSA) is 32.3 Å². The Balaban J connectivity index is 1.85. The average Bonchev–Trinajstić information content (AvgIpc) is 2.47. The number of thiocarbonyl (C=S) groups is 1. The first-order chi connectivity index (χ1) is 9.65. The quantitative estimate of drug-likeness (QED) is 0.672. The maximum atomic E-state index is 11.8. The van der Waals surface area contributed by atoms with Gasteiger partial charge in [-0.15, -0.1) is 0 Å². The zero-order valence-electron chi connectivity index (χ0n) is 11.1. The average molecular weight is 309 g/mol. The molecule has 0 aromatic heterocycles. The van der Waals surface area contributed by atoms with Crippen molar-refractivity contribution in [3.8, 4) is 0 Å². The molecule has 3 nitrogen and oxygen atoms in total. The number of halogens is 1. The number of likely N-dealkylation sites (tertiary alicyclic amines) is 1. The van der Waals surface area contributed by atoms with Gasteiger partial charge in [0.15, 0.2) is 5.11 Å². The number of hydrogen-bond acceptors (Lipinski definition) is 2. The minimum atomic E-state index is -0.199. The fourth-order valence-electron chi connectivity index (χ4n) is 2.07. The van der Waals surface area contributed by atoms with Crippen LogP contribution < -0.4 is 5.32 Å². The van der Waals surface area contributed by atoms with Crippen molar-refractivity contribution < 1.29 is 4.79 Å². The highest BCUT2D eigenvalue weighted by Crippen LogP contribution is 2.11. The van der Waals surface area contributed by atoms with E-state index < -0.39 is 0 Å². The molecule has 1 aromatic rings. The second-order valence-electron chi connectivity index (χ2n) is 4.73. The zero-order valence-corrected chi connectivity index (χ0v) is 12.7. The van der Waals surface area contributed by atoms with Gasteiger partial charge in [0.1, 0.15) is 0 Å². The minimum absolute atomic E-state index is 0.199. The Morgan fingerprint density at radius 3 is 2.50 bits per heavy atom. The van der Waals surface area contributed by atoms with E-state index in [0.717, 1.165) is 31.5 Å². The lowest BCUT2D eigenvalue weighted by atomic mass is 10.1. The number of hydrogen-bond donors (Lipinski definition) is 1. The molecule has 0 aliphatic carbocycles. The van der Waals surface area contributed by atoms with Crippen LogP contribution in [0.4, 0.5) is 0 Å². The number of nitrogens with one attached hydrogen (secondary N) is 1. The van der Waals surface area contributed by atoms with E-state index in [1.165, 1.54) is 12.5 Å². The summed E-state index contributed by atoms with van der Waals surface area (Å²) in [6.07, 6.45) is 6.74. The molecule has 1 fully saturated rings. The predicted octanol–water partition coefficient (Wildman–Crippen LogP) is 3.24. The molecule has 0 radical (unpaired) electrons. The van der Waals surface area contributed by atoms with Crippen molar-refractivity contribution >= 4 is 40.9 Å². The lowest BCUT2D eigenvalue weighted by molar-refractivity contribution is -0.115. The SMILES string of the molecule is O=C(/C=C/c1ccc(Cl)cc1)NC(=S)N1CCCCC1. The van der Waals surface area contributed by atoms with E-state index in [-0.39, 0.29) is 5.91 Å². The summed E-state index contributed by atoms with van der Waals surface area (Å²) in [7, 11) is 0. The largest absolute Gasteiger partial charge is 0.349 e. The molecule has 0 spiro atoms. The molecule has 1 aromatic carbocycles. The van der Waals surface area contributed by atoms with Gasteiger partial charge in [0.25, 0.3) is 0 Å². The maximum Gasteiger partial charge on any atom is 0.250 e. The Kier molecular flexibility index (Phi) is 5.56. The molecule has 106 valence electrons. The van der Waals surface area contributed by atoms with Crippen LogP contribution in [0.15, 0.2) is 30.3 Å². The van der Waals surface area contributed by atoms with E-state index in [9.17, 15) is 4.79 Å². The predicted molar refractivity (Wildman–Crippen MR) is 86.7 cm³/mol. The summed E-state index contributed by atoms with van der Waals surface area (Å²) >= 11 is 11.0. The molecule has 0 saturated carbocycles. The Morgan fingerprint density at radius 2 is 1.85 bits per heavy atom. The smallest absolute Gasteiger partial charge is 0.250 e. The van der Waals surface area contributed by atoms with Gasteiger partial charge in [-0.2, -0.15) is 0 Å². The van der Waals surface area contributed by atoms with Crippen molar-refractivity contribution in [1.82, 2.24) is 10.2 Å². The van der Waals surface area contributed by atoms with Crippen molar-refractivity contribution in [2.24, 2.45) is 0 Å². The molecular formula is C15H17ClN2OS. The standard InChI is InChI=1S/C15H17ClN2OS/c16-13-7-4-12(5-8-13)6-9-14(19)17-15(20)18-10-2-1-3-11-18/h4-9H,1-3,10-11H2,(H,17,19,20)/b9-6+. The van der Waals surface area contributed by atoms with E-state index in [1.807, 2.05) is 17.0 Å². The zero-order chi connectivity index (χ0) is 14.4. The van der Waals surface area contributed by atoms with Gasteiger partial charge in [-0.25, -0.2) is 0 Å². The van der Waals surface area contributed by atoms with Crippen molar-refractivity contribution in [1.29, 1.82) is 0 Å². The Morgan fingerprint density at radius 1 is 1.20 bits per heavy atom. The van der Waals surface area contributed by atoms with Crippen LogP contribution in [0.25, 0.3) is 6.08 Å². The lowest BCUT2D eigenvalue weighted by Crippen LogP contribution is -2.44. The monoisotopic (exact) mass is 308 g/mol. The molecule has 1 amide bonds. The highest BCUT2D eigenvalue weighted by atomic mass is 35.5. The highest BCUT2D eigenvalue weighted by molar-refractivity contribution is 7.80. The molecule has 1 aliphatic rings. The summed E-state index contributed by atoms with van der Waals surface area (Å²) in [5, 5.41) is 3.94. The number of benzene rings is 1.